The topological polar surface area (TPSA) is 70.1 Å². The van der Waals surface area contributed by atoms with Crippen LogP contribution in [0.25, 0.3) is 10.6 Å². The number of hydrogen-bond donors (Lipinski definition) is 0. The molecular formula is C22H22F2N2O5S. The van der Waals surface area contributed by atoms with E-state index in [0.29, 0.717) is 22.1 Å². The van der Waals surface area contributed by atoms with Crippen LogP contribution < -0.4 is 18.9 Å². The third kappa shape index (κ3) is 5.08. The van der Waals surface area contributed by atoms with Gasteiger partial charge in [0.25, 0.3) is 5.91 Å². The predicted molar refractivity (Wildman–Crippen MR) is 116 cm³/mol. The van der Waals surface area contributed by atoms with Crippen molar-refractivity contribution in [3.05, 3.63) is 53.0 Å². The number of nitrogens with zero attached hydrogens (tertiary/aromatic N) is 2. The van der Waals surface area contributed by atoms with E-state index in [9.17, 15) is 13.6 Å². The average molecular weight is 464 g/mol. The second kappa shape index (κ2) is 10.3. The predicted octanol–water partition coefficient (Wildman–Crippen LogP) is 4.71. The molecule has 0 saturated heterocycles. The van der Waals surface area contributed by atoms with Gasteiger partial charge < -0.3 is 23.8 Å². The highest BCUT2D eigenvalue weighted by atomic mass is 32.1. The summed E-state index contributed by atoms with van der Waals surface area (Å²) in [6.07, 6.45) is 0. The lowest BCUT2D eigenvalue weighted by Gasteiger charge is -2.17. The summed E-state index contributed by atoms with van der Waals surface area (Å²) in [6.45, 7) is -2.74. The number of halogens is 2. The van der Waals surface area contributed by atoms with Gasteiger partial charge in [-0.1, -0.05) is 12.1 Å². The molecule has 0 unspecified atom stereocenters. The van der Waals surface area contributed by atoms with Crippen molar-refractivity contribution in [2.24, 2.45) is 0 Å². The summed E-state index contributed by atoms with van der Waals surface area (Å²) in [5.74, 6) is 0.899. The van der Waals surface area contributed by atoms with E-state index >= 15 is 0 Å². The number of alkyl halides is 2. The van der Waals surface area contributed by atoms with Gasteiger partial charge in [-0.3, -0.25) is 4.79 Å². The molecule has 7 nitrogen and oxygen atoms in total. The van der Waals surface area contributed by atoms with E-state index in [4.69, 9.17) is 14.2 Å². The second-order valence-electron chi connectivity index (χ2n) is 6.60. The van der Waals surface area contributed by atoms with Crippen LogP contribution in [-0.4, -0.2) is 50.8 Å². The van der Waals surface area contributed by atoms with E-state index in [1.165, 1.54) is 29.4 Å². The maximum atomic E-state index is 12.9. The number of hydrogen-bond acceptors (Lipinski definition) is 7. The van der Waals surface area contributed by atoms with Crippen LogP contribution in [0, 0.1) is 0 Å². The summed E-state index contributed by atoms with van der Waals surface area (Å²) in [7, 11) is 6.08. The summed E-state index contributed by atoms with van der Waals surface area (Å²) < 4.78 is 45.3. The molecule has 1 heterocycles. The molecule has 10 heteroatoms. The van der Waals surface area contributed by atoms with Crippen LogP contribution in [0.1, 0.15) is 16.1 Å². The molecule has 0 aliphatic carbocycles. The fraction of sp³-hybridized carbons (Fsp3) is 0.273. The minimum Gasteiger partial charge on any atom is -0.493 e. The smallest absolute Gasteiger partial charge is 0.387 e. The molecule has 3 rings (SSSR count). The summed E-state index contributed by atoms with van der Waals surface area (Å²) >= 11 is 1.32. The Bertz CT molecular complexity index is 1090. The number of amides is 1. The Morgan fingerprint density at radius 3 is 2.47 bits per heavy atom. The molecule has 3 aromatic rings. The number of carbonyl (C=O) groups excluding carboxylic acids is 1. The van der Waals surface area contributed by atoms with Crippen LogP contribution in [0.15, 0.2) is 41.8 Å². The lowest BCUT2D eigenvalue weighted by atomic mass is 10.2. The van der Waals surface area contributed by atoms with Gasteiger partial charge in [0, 0.05) is 19.0 Å². The zero-order valence-electron chi connectivity index (χ0n) is 17.9. The standard InChI is InChI=1S/C22H22F2N2O5S/c1-26(11-13-8-9-16(31-22(23)24)18(10-13)29-3)21(27)15-12-32-20(25-15)14-6-5-7-17(28-2)19(14)30-4/h5-10,12,22H,11H2,1-4H3. The summed E-state index contributed by atoms with van der Waals surface area (Å²) in [4.78, 5) is 18.8. The average Bonchev–Trinajstić information content (AvgIpc) is 3.28. The SMILES string of the molecule is COc1cc(CN(C)C(=O)c2csc(-c3cccc(OC)c3OC)n2)ccc1OC(F)F. The van der Waals surface area contributed by atoms with Crippen molar-refractivity contribution in [1.29, 1.82) is 0 Å². The Balaban J connectivity index is 1.77. The Morgan fingerprint density at radius 1 is 1.06 bits per heavy atom. The van der Waals surface area contributed by atoms with Gasteiger partial charge in [0.15, 0.2) is 23.0 Å². The summed E-state index contributed by atoms with van der Waals surface area (Å²) in [5.41, 5.74) is 1.68. The summed E-state index contributed by atoms with van der Waals surface area (Å²) in [6, 6.07) is 9.97. The van der Waals surface area contributed by atoms with Crippen LogP contribution in [0.3, 0.4) is 0 Å². The molecule has 0 fully saturated rings. The molecule has 32 heavy (non-hydrogen) atoms. The van der Waals surface area contributed by atoms with Gasteiger partial charge in [0.2, 0.25) is 0 Å². The molecule has 0 radical (unpaired) electrons. The molecule has 2 aromatic carbocycles. The van der Waals surface area contributed by atoms with E-state index < -0.39 is 6.61 Å². The second-order valence-corrected chi connectivity index (χ2v) is 7.46. The first-order chi connectivity index (χ1) is 15.4. The minimum absolute atomic E-state index is 0.0726. The Kier molecular flexibility index (Phi) is 7.47. The van der Waals surface area contributed by atoms with Gasteiger partial charge in [0.1, 0.15) is 10.7 Å². The van der Waals surface area contributed by atoms with Crippen LogP contribution in [-0.2, 0) is 6.54 Å². The van der Waals surface area contributed by atoms with Crippen molar-refractivity contribution in [2.45, 2.75) is 13.2 Å². The molecule has 1 aromatic heterocycles. The van der Waals surface area contributed by atoms with E-state index in [2.05, 4.69) is 9.72 Å². The van der Waals surface area contributed by atoms with Gasteiger partial charge in [-0.05, 0) is 29.8 Å². The van der Waals surface area contributed by atoms with Gasteiger partial charge in [-0.25, -0.2) is 4.98 Å². The van der Waals surface area contributed by atoms with Gasteiger partial charge in [-0.15, -0.1) is 11.3 Å². The first kappa shape index (κ1) is 23.3. The normalized spacial score (nSPS) is 10.7. The van der Waals surface area contributed by atoms with E-state index in [0.717, 1.165) is 5.56 Å². The van der Waals surface area contributed by atoms with Crippen molar-refractivity contribution in [2.75, 3.05) is 28.4 Å². The number of benzene rings is 2. The molecule has 170 valence electrons. The Morgan fingerprint density at radius 2 is 1.81 bits per heavy atom. The Hall–Kier alpha value is -3.40. The van der Waals surface area contributed by atoms with Crippen molar-refractivity contribution in [3.8, 4) is 33.6 Å². The Labute approximate surface area is 188 Å². The molecule has 0 bridgehead atoms. The quantitative estimate of drug-likeness (QED) is 0.457. The molecule has 0 N–H and O–H groups in total. The van der Waals surface area contributed by atoms with Crippen LogP contribution >= 0.6 is 11.3 Å². The first-order valence-electron chi connectivity index (χ1n) is 9.42. The van der Waals surface area contributed by atoms with Crippen molar-refractivity contribution in [3.63, 3.8) is 0 Å². The maximum absolute atomic E-state index is 12.9. The molecule has 0 atom stereocenters. The van der Waals surface area contributed by atoms with Crippen molar-refractivity contribution in [1.82, 2.24) is 9.88 Å². The number of thiazole rings is 1. The fourth-order valence-corrected chi connectivity index (χ4v) is 3.91. The highest BCUT2D eigenvalue weighted by Gasteiger charge is 2.20. The van der Waals surface area contributed by atoms with E-state index in [-0.39, 0.29) is 29.6 Å². The molecule has 0 spiro atoms. The molecule has 0 aliphatic heterocycles. The molecule has 1 amide bonds. The highest BCUT2D eigenvalue weighted by molar-refractivity contribution is 7.13. The number of carbonyl (C=O) groups is 1. The van der Waals surface area contributed by atoms with Gasteiger partial charge >= 0.3 is 6.61 Å². The lowest BCUT2D eigenvalue weighted by Crippen LogP contribution is -2.26. The van der Waals surface area contributed by atoms with Gasteiger partial charge in [-0.2, -0.15) is 8.78 Å². The zero-order valence-corrected chi connectivity index (χ0v) is 18.7. The third-order valence-electron chi connectivity index (χ3n) is 4.57. The third-order valence-corrected chi connectivity index (χ3v) is 5.44. The fourth-order valence-electron chi connectivity index (χ4n) is 3.10. The van der Waals surface area contributed by atoms with Crippen LogP contribution in [0.5, 0.6) is 23.0 Å². The monoisotopic (exact) mass is 464 g/mol. The number of ether oxygens (including phenoxy) is 4. The van der Waals surface area contributed by atoms with Gasteiger partial charge in [0.05, 0.1) is 26.9 Å². The molecular weight excluding hydrogens is 442 g/mol. The highest BCUT2D eigenvalue weighted by Crippen LogP contribution is 2.39. The lowest BCUT2D eigenvalue weighted by molar-refractivity contribution is -0.0512. The number of rotatable bonds is 9. The first-order valence-corrected chi connectivity index (χ1v) is 10.3. The number of para-hydroxylation sites is 1. The number of aromatic nitrogens is 1. The summed E-state index contributed by atoms with van der Waals surface area (Å²) in [5, 5.41) is 2.29. The van der Waals surface area contributed by atoms with E-state index in [1.807, 2.05) is 12.1 Å². The van der Waals surface area contributed by atoms with Crippen molar-refractivity contribution < 1.29 is 32.5 Å². The minimum atomic E-state index is -2.96. The largest absolute Gasteiger partial charge is 0.493 e. The van der Waals surface area contributed by atoms with E-state index in [1.54, 1.807) is 44.8 Å². The number of methoxy groups -OCH3 is 3. The van der Waals surface area contributed by atoms with Crippen LogP contribution in [0.2, 0.25) is 0 Å². The molecule has 0 saturated carbocycles. The van der Waals surface area contributed by atoms with Crippen LogP contribution in [0.4, 0.5) is 8.78 Å². The zero-order chi connectivity index (χ0) is 23.3. The maximum Gasteiger partial charge on any atom is 0.387 e. The molecule has 0 aliphatic rings. The van der Waals surface area contributed by atoms with Crippen molar-refractivity contribution >= 4 is 17.2 Å².